The fraction of sp³-hybridized carbons (Fsp3) is 0.278. The largest absolute Gasteiger partial charge is 0.353 e. The van der Waals surface area contributed by atoms with Gasteiger partial charge >= 0.3 is 0 Å². The van der Waals surface area contributed by atoms with Gasteiger partial charge in [0, 0.05) is 17.3 Å². The molecule has 0 fully saturated rings. The second-order valence-electron chi connectivity index (χ2n) is 6.42. The smallest absolute Gasteiger partial charge is 0.158 e. The number of hydrogen-bond acceptors (Lipinski definition) is 3. The van der Waals surface area contributed by atoms with Crippen LogP contribution in [0.3, 0.4) is 0 Å². The maximum absolute atomic E-state index is 6.12. The Bertz CT molecular complexity index is 1070. The molecule has 4 aromatic rings. The molecule has 0 bridgehead atoms. The van der Waals surface area contributed by atoms with Crippen LogP contribution in [0.2, 0.25) is 5.15 Å². The van der Waals surface area contributed by atoms with E-state index < -0.39 is 0 Å². The van der Waals surface area contributed by atoms with Gasteiger partial charge in [0.1, 0.15) is 11.5 Å². The molecule has 24 heavy (non-hydrogen) atoms. The van der Waals surface area contributed by atoms with Crippen LogP contribution in [-0.4, -0.2) is 24.6 Å². The highest BCUT2D eigenvalue weighted by molar-refractivity contribution is 6.29. The normalized spacial score (nSPS) is 11.9. The molecule has 0 amide bonds. The number of halogens is 1. The average Bonchev–Trinajstić information content (AvgIpc) is 3.14. The Labute approximate surface area is 144 Å². The fourth-order valence-corrected chi connectivity index (χ4v) is 3.44. The first-order valence-corrected chi connectivity index (χ1v) is 8.33. The zero-order valence-corrected chi connectivity index (χ0v) is 14.8. The number of nitrogens with zero attached hydrogens (tertiary/aromatic N) is 4. The molecular weight excluding hydrogens is 322 g/mol. The number of nitrogens with one attached hydrogen (secondary N) is 1. The van der Waals surface area contributed by atoms with Crippen molar-refractivity contribution < 1.29 is 0 Å². The third kappa shape index (κ3) is 2.12. The summed E-state index contributed by atoms with van der Waals surface area (Å²) in [6.45, 7) is 8.54. The molecular formula is C18H18ClN5. The zero-order chi connectivity index (χ0) is 17.0. The number of fused-ring (bicyclic) bond motifs is 2. The second kappa shape index (κ2) is 5.31. The van der Waals surface area contributed by atoms with Gasteiger partial charge in [-0.05, 0) is 43.0 Å². The van der Waals surface area contributed by atoms with Crippen molar-refractivity contribution in [1.29, 1.82) is 0 Å². The first kappa shape index (κ1) is 15.1. The maximum Gasteiger partial charge on any atom is 0.158 e. The molecule has 6 heteroatoms. The van der Waals surface area contributed by atoms with Crippen molar-refractivity contribution >= 4 is 28.3 Å². The highest BCUT2D eigenvalue weighted by Gasteiger charge is 2.20. The van der Waals surface area contributed by atoms with Crippen LogP contribution in [0, 0.1) is 13.8 Å². The molecule has 0 aromatic carbocycles. The van der Waals surface area contributed by atoms with Crippen molar-refractivity contribution in [3.63, 3.8) is 0 Å². The molecule has 4 aromatic heterocycles. The highest BCUT2D eigenvalue weighted by atomic mass is 35.5. The summed E-state index contributed by atoms with van der Waals surface area (Å²) >= 11 is 6.12. The van der Waals surface area contributed by atoms with Crippen LogP contribution in [0.25, 0.3) is 27.9 Å². The van der Waals surface area contributed by atoms with Gasteiger partial charge in [-0.3, -0.25) is 0 Å². The van der Waals surface area contributed by atoms with Crippen molar-refractivity contribution in [3.8, 4) is 11.3 Å². The maximum atomic E-state index is 6.12. The fourth-order valence-electron chi connectivity index (χ4n) is 3.29. The summed E-state index contributed by atoms with van der Waals surface area (Å²) in [6, 6.07) is 3.79. The lowest BCUT2D eigenvalue weighted by Crippen LogP contribution is -1.99. The lowest BCUT2D eigenvalue weighted by molar-refractivity contribution is 0.873. The number of rotatable bonds is 2. The van der Waals surface area contributed by atoms with E-state index in [1.807, 2.05) is 22.8 Å². The third-order valence-corrected chi connectivity index (χ3v) is 4.83. The first-order chi connectivity index (χ1) is 11.5. The Morgan fingerprint density at radius 3 is 2.71 bits per heavy atom. The molecule has 4 rings (SSSR count). The number of pyridine rings is 2. The van der Waals surface area contributed by atoms with Crippen LogP contribution in [0.4, 0.5) is 0 Å². The molecule has 0 unspecified atom stereocenters. The standard InChI is InChI=1S/C18H18ClN5/c1-9(2)15-16(22-13-5-6-14(19)23-17(13)15)12-7-24-18(20-8-21-24)11(4)10(12)3/h5-9,22H,1-4H3. The topological polar surface area (TPSA) is 58.9 Å². The van der Waals surface area contributed by atoms with Gasteiger partial charge in [-0.15, -0.1) is 0 Å². The molecule has 122 valence electrons. The van der Waals surface area contributed by atoms with E-state index in [9.17, 15) is 0 Å². The summed E-state index contributed by atoms with van der Waals surface area (Å²) in [7, 11) is 0. The summed E-state index contributed by atoms with van der Waals surface area (Å²) in [4.78, 5) is 12.4. The van der Waals surface area contributed by atoms with Crippen LogP contribution in [-0.2, 0) is 0 Å². The van der Waals surface area contributed by atoms with Crippen molar-refractivity contribution in [3.05, 3.63) is 46.5 Å². The molecule has 0 atom stereocenters. The average molecular weight is 340 g/mol. The predicted octanol–water partition coefficient (Wildman–Crippen LogP) is 4.67. The number of aromatic amines is 1. The van der Waals surface area contributed by atoms with Crippen LogP contribution >= 0.6 is 11.6 Å². The van der Waals surface area contributed by atoms with E-state index in [4.69, 9.17) is 11.6 Å². The molecule has 0 saturated carbocycles. The summed E-state index contributed by atoms with van der Waals surface area (Å²) in [5.41, 5.74) is 8.50. The summed E-state index contributed by atoms with van der Waals surface area (Å²) in [6.07, 6.45) is 3.62. The van der Waals surface area contributed by atoms with Crippen LogP contribution in [0.1, 0.15) is 36.5 Å². The minimum atomic E-state index is 0.311. The van der Waals surface area contributed by atoms with Crippen molar-refractivity contribution in [1.82, 2.24) is 24.6 Å². The number of aromatic nitrogens is 5. The third-order valence-electron chi connectivity index (χ3n) is 4.62. The predicted molar refractivity (Wildman–Crippen MR) is 96.6 cm³/mol. The Kier molecular flexibility index (Phi) is 3.35. The lowest BCUT2D eigenvalue weighted by atomic mass is 9.95. The van der Waals surface area contributed by atoms with Gasteiger partial charge in [0.15, 0.2) is 5.65 Å². The summed E-state index contributed by atoms with van der Waals surface area (Å²) in [5.74, 6) is 0.311. The Hall–Kier alpha value is -2.40. The van der Waals surface area contributed by atoms with Gasteiger partial charge in [0.25, 0.3) is 0 Å². The van der Waals surface area contributed by atoms with E-state index in [0.717, 1.165) is 33.5 Å². The summed E-state index contributed by atoms with van der Waals surface area (Å²) in [5, 5.41) is 4.81. The van der Waals surface area contributed by atoms with Crippen molar-refractivity contribution in [2.75, 3.05) is 0 Å². The Morgan fingerprint density at radius 1 is 1.17 bits per heavy atom. The monoisotopic (exact) mass is 339 g/mol. The number of aryl methyl sites for hydroxylation is 1. The first-order valence-electron chi connectivity index (χ1n) is 7.95. The van der Waals surface area contributed by atoms with Crippen molar-refractivity contribution in [2.24, 2.45) is 0 Å². The Balaban J connectivity index is 2.10. The van der Waals surface area contributed by atoms with Gasteiger partial charge in [0.2, 0.25) is 0 Å². The van der Waals surface area contributed by atoms with E-state index in [1.54, 1.807) is 6.33 Å². The molecule has 1 N–H and O–H groups in total. The van der Waals surface area contributed by atoms with E-state index in [0.29, 0.717) is 11.1 Å². The van der Waals surface area contributed by atoms with Gasteiger partial charge in [-0.25, -0.2) is 14.5 Å². The van der Waals surface area contributed by atoms with E-state index >= 15 is 0 Å². The molecule has 0 spiro atoms. The minimum Gasteiger partial charge on any atom is -0.353 e. The summed E-state index contributed by atoms with van der Waals surface area (Å²) < 4.78 is 1.83. The van der Waals surface area contributed by atoms with Gasteiger partial charge in [-0.1, -0.05) is 25.4 Å². The second-order valence-corrected chi connectivity index (χ2v) is 6.81. The number of hydrogen-bond donors (Lipinski definition) is 1. The van der Waals surface area contributed by atoms with E-state index in [-0.39, 0.29) is 0 Å². The molecule has 0 saturated heterocycles. The zero-order valence-electron chi connectivity index (χ0n) is 14.1. The van der Waals surface area contributed by atoms with E-state index in [1.165, 1.54) is 11.1 Å². The molecule has 0 aliphatic heterocycles. The lowest BCUT2D eigenvalue weighted by Gasteiger charge is -2.13. The Morgan fingerprint density at radius 2 is 1.96 bits per heavy atom. The molecule has 5 nitrogen and oxygen atoms in total. The van der Waals surface area contributed by atoms with E-state index in [2.05, 4.69) is 47.7 Å². The molecule has 0 aliphatic rings. The van der Waals surface area contributed by atoms with Crippen LogP contribution in [0.5, 0.6) is 0 Å². The molecule has 4 heterocycles. The molecule has 0 radical (unpaired) electrons. The van der Waals surface area contributed by atoms with Crippen LogP contribution in [0.15, 0.2) is 24.7 Å². The van der Waals surface area contributed by atoms with Gasteiger partial charge in [0.05, 0.1) is 16.7 Å². The van der Waals surface area contributed by atoms with Crippen molar-refractivity contribution in [2.45, 2.75) is 33.6 Å². The SMILES string of the molecule is Cc1c(-c2[nH]c3ccc(Cl)nc3c2C(C)C)cn2ncnc2c1C. The minimum absolute atomic E-state index is 0.311. The van der Waals surface area contributed by atoms with Gasteiger partial charge < -0.3 is 4.98 Å². The molecule has 0 aliphatic carbocycles. The van der Waals surface area contributed by atoms with Gasteiger partial charge in [-0.2, -0.15) is 5.10 Å². The highest BCUT2D eigenvalue weighted by Crippen LogP contribution is 2.37. The number of H-pyrrole nitrogens is 1. The quantitative estimate of drug-likeness (QED) is 0.540. The van der Waals surface area contributed by atoms with Crippen LogP contribution < -0.4 is 0 Å².